The summed E-state index contributed by atoms with van der Waals surface area (Å²) in [4.78, 5) is 243. The third kappa shape index (κ3) is 35.9. The van der Waals surface area contributed by atoms with Crippen molar-refractivity contribution in [1.82, 2.24) is 73.7 Å². The van der Waals surface area contributed by atoms with Crippen LogP contribution in [0.3, 0.4) is 0 Å². The lowest BCUT2D eigenvalue weighted by atomic mass is 9.99. The number of aromatic nitrogens is 1. The van der Waals surface area contributed by atoms with Crippen molar-refractivity contribution in [3.05, 3.63) is 65.9 Å². The van der Waals surface area contributed by atoms with Crippen molar-refractivity contribution in [2.24, 2.45) is 40.5 Å². The Labute approximate surface area is 686 Å². The summed E-state index contributed by atoms with van der Waals surface area (Å²) < 4.78 is 0. The molecule has 1 aliphatic rings. The van der Waals surface area contributed by atoms with Crippen LogP contribution in [-0.2, 0) is 99.1 Å². The van der Waals surface area contributed by atoms with Gasteiger partial charge in [-0.2, -0.15) is 11.8 Å². The van der Waals surface area contributed by atoms with Crippen molar-refractivity contribution in [1.29, 1.82) is 0 Å². The summed E-state index contributed by atoms with van der Waals surface area (Å²) >= 11 is 1.31. The van der Waals surface area contributed by atoms with Crippen LogP contribution in [0.25, 0.3) is 10.9 Å². The number of aromatic hydroxyl groups is 1. The first-order valence-electron chi connectivity index (χ1n) is 38.6. The summed E-state index contributed by atoms with van der Waals surface area (Å²) in [7, 11) is 0. The van der Waals surface area contributed by atoms with Gasteiger partial charge in [-0.05, 0) is 145 Å². The minimum Gasteiger partial charge on any atom is -0.508 e. The number of nitrogens with two attached hydrogens (primary N) is 5. The maximum absolute atomic E-state index is 14.7. The largest absolute Gasteiger partial charge is 0.508 e. The van der Waals surface area contributed by atoms with E-state index in [2.05, 4.69) is 68.8 Å². The molecular formula is C76H117N19O22S. The predicted molar refractivity (Wildman–Crippen MR) is 430 cm³/mol. The van der Waals surface area contributed by atoms with Gasteiger partial charge in [-0.15, -0.1) is 0 Å². The fraction of sp³-hybridized carbons (Fsp3) is 0.579. The molecule has 2 aromatic carbocycles. The predicted octanol–water partition coefficient (Wildman–Crippen LogP) is -4.60. The van der Waals surface area contributed by atoms with Gasteiger partial charge in [0, 0.05) is 56.3 Å². The average Bonchev–Trinajstić information content (AvgIpc) is 1.66. The van der Waals surface area contributed by atoms with E-state index in [4.69, 9.17) is 43.7 Å². The molecule has 27 N–H and O–H groups in total. The van der Waals surface area contributed by atoms with Gasteiger partial charge in [0.1, 0.15) is 78.3 Å². The lowest BCUT2D eigenvalue weighted by molar-refractivity contribution is -0.144. The SMILES string of the molecule is CC(=O)O.CSCC[C@H](NC(=O)[C@H](C)NC(=O)[C@H](CCC(N)=O)NC(=O)[C@@H]1CCCN1C(=O)[C@@H](NC(=O)[C@H](Cc1c[nH]c2ccccc12)NC(=O)[C@@H](N)CC(N)=O)[C@@H](C)O)C(=O)N[C@@H](CC(C)C)C(=O)N[C@@H](Cc1ccc(O)cc1)C(=O)N[C@@H](CC(C)C)C(=O)N[C@@H](CCCCN)C(=O)NCC(=O)N[C@@H](C)C(=O)N[C@@H](CCC(=O)O)C(N)=O. The standard InChI is InChI=1S/C74H113N19O20S.C2H4O2/c1-37(2)30-52(69(108)86-49(16-11-12-27-75)66(105)81-36-59(98)82-39(5)63(102)84-48(62(79)101)23-25-60(99)100)90-71(110)54(32-42-18-20-44(95)21-19-42)91-70(109)53(31-38(3)4)89-68(107)51(26-29-114-8)85-64(103)40(6)83-67(106)50(22-24-57(77)96)87-73(112)56-17-13-28-93(56)74(113)61(41(7)94)92-72(111)55(88-65(104)46(76)34-58(78)97)33-43-35-80-47-15-10-9-14-45(43)47;1-2(3)4/h9-10,14-15,18-21,35,37-41,46,48-56,61,80,94-95H,11-13,16-17,22-34,36,75-76H2,1-8H3,(H2,77,96)(H2,78,97)(H2,79,101)(H,81,105)(H,82,98)(H,83,106)(H,84,102)(H,85,103)(H,86,108)(H,87,112)(H,88,104)(H,89,107)(H,90,110)(H,91,109)(H,92,111)(H,99,100);1H3,(H,3,4)/t39-,40-,41+,46-,48-,49-,50-,51-,52-,53-,54-,55-,56-,61-;/m0./s1. The molecule has 1 saturated heterocycles. The molecule has 0 spiro atoms. The van der Waals surface area contributed by atoms with Crippen molar-refractivity contribution in [3.63, 3.8) is 0 Å². The fourth-order valence-electron chi connectivity index (χ4n) is 12.3. The van der Waals surface area contributed by atoms with Crippen molar-refractivity contribution in [3.8, 4) is 5.75 Å². The number of likely N-dealkylation sites (tertiary alicyclic amines) is 1. The number of aliphatic hydroxyl groups excluding tert-OH is 1. The van der Waals surface area contributed by atoms with Crippen molar-refractivity contribution >= 4 is 129 Å². The maximum atomic E-state index is 14.7. The van der Waals surface area contributed by atoms with Crippen LogP contribution in [0.1, 0.15) is 150 Å². The molecule has 16 amide bonds. The highest BCUT2D eigenvalue weighted by Crippen LogP contribution is 2.23. The summed E-state index contributed by atoms with van der Waals surface area (Å²) in [5, 5.41) is 68.9. The van der Waals surface area contributed by atoms with Crippen molar-refractivity contribution in [2.45, 2.75) is 236 Å². The summed E-state index contributed by atoms with van der Waals surface area (Å²) in [6.45, 7) is 11.3. The number of carboxylic acids is 2. The zero-order valence-corrected chi connectivity index (χ0v) is 68.6. The molecule has 4 rings (SSSR count). The average molecular weight is 1680 g/mol. The molecule has 0 bridgehead atoms. The Morgan fingerprint density at radius 1 is 0.551 bits per heavy atom. The van der Waals surface area contributed by atoms with E-state index < -0.39 is 223 Å². The molecule has 0 unspecified atom stereocenters. The Kier molecular flexibility index (Phi) is 43.4. The minimum absolute atomic E-state index is 0.00305. The molecule has 654 valence electrons. The van der Waals surface area contributed by atoms with Crippen LogP contribution < -0.4 is 92.5 Å². The Balaban J connectivity index is 0.00000878. The van der Waals surface area contributed by atoms with Gasteiger partial charge in [0.15, 0.2) is 0 Å². The second-order valence-corrected chi connectivity index (χ2v) is 30.5. The third-order valence-electron chi connectivity index (χ3n) is 18.5. The highest BCUT2D eigenvalue weighted by atomic mass is 32.2. The Morgan fingerprint density at radius 2 is 1.04 bits per heavy atom. The summed E-state index contributed by atoms with van der Waals surface area (Å²) in [6.07, 6.45) is -0.0352. The number of carbonyl (C=O) groups excluding carboxylic acids is 16. The van der Waals surface area contributed by atoms with E-state index in [0.29, 0.717) is 34.9 Å². The number of aliphatic carboxylic acids is 2. The number of benzene rings is 2. The number of hydrogen-bond acceptors (Lipinski definition) is 23. The van der Waals surface area contributed by atoms with Gasteiger partial charge in [-0.25, -0.2) is 0 Å². The Hall–Kier alpha value is -11.5. The van der Waals surface area contributed by atoms with Crippen LogP contribution >= 0.6 is 11.8 Å². The van der Waals surface area contributed by atoms with Crippen LogP contribution in [0.4, 0.5) is 0 Å². The highest BCUT2D eigenvalue weighted by Gasteiger charge is 2.43. The lowest BCUT2D eigenvalue weighted by Gasteiger charge is -2.32. The zero-order chi connectivity index (χ0) is 88.8. The van der Waals surface area contributed by atoms with Gasteiger partial charge in [0.05, 0.1) is 25.1 Å². The molecule has 118 heavy (non-hydrogen) atoms. The fourth-order valence-corrected chi connectivity index (χ4v) is 12.8. The monoisotopic (exact) mass is 1680 g/mol. The molecule has 0 radical (unpaired) electrons. The van der Waals surface area contributed by atoms with Crippen LogP contribution in [-0.4, -0.2) is 253 Å². The number of phenols is 1. The Bertz CT molecular complexity index is 3970. The lowest BCUT2D eigenvalue weighted by Crippen LogP contribution is -2.61. The summed E-state index contributed by atoms with van der Waals surface area (Å²) in [5.41, 5.74) is 29.4. The zero-order valence-electron chi connectivity index (χ0n) is 67.7. The van der Waals surface area contributed by atoms with Gasteiger partial charge >= 0.3 is 5.97 Å². The number of nitrogens with zero attached hydrogens (tertiary/aromatic N) is 1. The highest BCUT2D eigenvalue weighted by molar-refractivity contribution is 7.98. The molecule has 0 aliphatic carbocycles. The Morgan fingerprint density at radius 3 is 1.59 bits per heavy atom. The first-order valence-corrected chi connectivity index (χ1v) is 40.0. The van der Waals surface area contributed by atoms with Crippen molar-refractivity contribution < 1.29 is 107 Å². The van der Waals surface area contributed by atoms with Gasteiger partial charge in [0.2, 0.25) is 94.5 Å². The number of fused-ring (bicyclic) bond motifs is 1. The maximum Gasteiger partial charge on any atom is 0.303 e. The molecule has 42 heteroatoms. The molecule has 0 saturated carbocycles. The third-order valence-corrected chi connectivity index (χ3v) is 19.1. The summed E-state index contributed by atoms with van der Waals surface area (Å²) in [6, 6.07) is -5.93. The number of carbonyl (C=O) groups is 18. The second kappa shape index (κ2) is 50.8. The van der Waals surface area contributed by atoms with E-state index in [1.807, 2.05) is 0 Å². The van der Waals surface area contributed by atoms with E-state index in [1.54, 1.807) is 64.4 Å². The van der Waals surface area contributed by atoms with Gasteiger partial charge < -0.3 is 123 Å². The molecule has 14 atom stereocenters. The number of para-hydroxylation sites is 1. The number of aliphatic hydroxyl groups is 1. The van der Waals surface area contributed by atoms with Gasteiger partial charge in [0.25, 0.3) is 5.97 Å². The number of carboxylic acid groups (broad SMARTS) is 2. The number of H-pyrrole nitrogens is 1. The number of nitrogens with one attached hydrogen (secondary N) is 13. The number of amides is 16. The first-order chi connectivity index (χ1) is 55.5. The molecule has 2 heterocycles. The number of rotatable bonds is 50. The number of unbranched alkanes of at least 4 members (excludes halogenated alkanes) is 1. The van der Waals surface area contributed by atoms with E-state index in [9.17, 15) is 91.7 Å². The van der Waals surface area contributed by atoms with Crippen molar-refractivity contribution in [2.75, 3.05) is 31.6 Å². The molecule has 1 fully saturated rings. The van der Waals surface area contributed by atoms with Gasteiger partial charge in [-0.1, -0.05) is 58.0 Å². The van der Waals surface area contributed by atoms with Crippen LogP contribution in [0.15, 0.2) is 54.7 Å². The number of thioether (sulfide) groups is 1. The van der Waals surface area contributed by atoms with Crippen LogP contribution in [0.5, 0.6) is 5.75 Å². The van der Waals surface area contributed by atoms with Crippen LogP contribution in [0, 0.1) is 11.8 Å². The second-order valence-electron chi connectivity index (χ2n) is 29.5. The van der Waals surface area contributed by atoms with E-state index >= 15 is 0 Å². The van der Waals surface area contributed by atoms with Gasteiger partial charge in [-0.3, -0.25) is 86.3 Å². The molecular weight excluding hydrogens is 1560 g/mol. The molecule has 41 nitrogen and oxygen atoms in total. The number of aromatic amines is 1. The topological polar surface area (TPSA) is 682 Å². The van der Waals surface area contributed by atoms with Crippen LogP contribution in [0.2, 0.25) is 0 Å². The molecule has 3 aromatic rings. The molecule has 1 aromatic heterocycles. The minimum atomic E-state index is -1.73. The van der Waals surface area contributed by atoms with E-state index in [1.165, 1.54) is 56.8 Å². The normalized spacial score (nSPS) is 15.7. The number of primary amides is 3. The quantitative estimate of drug-likeness (QED) is 0.0237. The first kappa shape index (κ1) is 101. The van der Waals surface area contributed by atoms with E-state index in [-0.39, 0.29) is 94.2 Å². The number of hydrogen-bond donors (Lipinski definition) is 22. The summed E-state index contributed by atoms with van der Waals surface area (Å²) in [5.74, 6) is -17.0. The molecule has 1 aliphatic heterocycles. The smallest absolute Gasteiger partial charge is 0.303 e. The number of phenolic OH excluding ortho intramolecular Hbond substituents is 1. The van der Waals surface area contributed by atoms with E-state index in [0.717, 1.165) is 11.8 Å².